The Labute approximate surface area is 134 Å². The molecule has 1 aliphatic heterocycles. The van der Waals surface area contributed by atoms with Gasteiger partial charge in [0.25, 0.3) is 0 Å². The van der Waals surface area contributed by atoms with Crippen LogP contribution in [0.2, 0.25) is 0 Å². The van der Waals surface area contributed by atoms with Gasteiger partial charge in [-0.25, -0.2) is 0 Å². The fourth-order valence-corrected chi connectivity index (χ4v) is 2.89. The van der Waals surface area contributed by atoms with Gasteiger partial charge in [0.2, 0.25) is 0 Å². The van der Waals surface area contributed by atoms with E-state index in [9.17, 15) is 5.11 Å². The maximum Gasteiger partial charge on any atom is 0.138 e. The van der Waals surface area contributed by atoms with Gasteiger partial charge in [0.05, 0.1) is 6.20 Å². The Kier molecular flexibility index (Phi) is 3.60. The Hall–Kier alpha value is -2.59. The average molecular weight is 306 g/mol. The third kappa shape index (κ3) is 2.73. The number of aromatic hydroxyl groups is 1. The van der Waals surface area contributed by atoms with Gasteiger partial charge in [0.1, 0.15) is 18.1 Å². The molecule has 2 N–H and O–H groups in total. The molecule has 4 rings (SSSR count). The molecule has 1 aromatic heterocycles. The molecule has 116 valence electrons. The van der Waals surface area contributed by atoms with Gasteiger partial charge in [-0.3, -0.25) is 4.98 Å². The van der Waals surface area contributed by atoms with Gasteiger partial charge in [-0.1, -0.05) is 30.3 Å². The topological polar surface area (TPSA) is 54.4 Å². The summed E-state index contributed by atoms with van der Waals surface area (Å²) in [5.74, 6) is 0.979. The second-order valence-electron chi connectivity index (χ2n) is 5.84. The zero-order valence-electron chi connectivity index (χ0n) is 12.7. The zero-order chi connectivity index (χ0) is 15.6. The fourth-order valence-electron chi connectivity index (χ4n) is 2.89. The molecule has 0 spiro atoms. The largest absolute Gasteiger partial charge is 0.507 e. The van der Waals surface area contributed by atoms with Crippen LogP contribution >= 0.6 is 0 Å². The van der Waals surface area contributed by atoms with Crippen molar-refractivity contribution in [1.82, 2.24) is 10.3 Å². The van der Waals surface area contributed by atoms with E-state index in [0.717, 1.165) is 40.6 Å². The summed E-state index contributed by atoms with van der Waals surface area (Å²) >= 11 is 0. The van der Waals surface area contributed by atoms with Gasteiger partial charge < -0.3 is 15.2 Å². The molecule has 4 heteroatoms. The monoisotopic (exact) mass is 306 g/mol. The van der Waals surface area contributed by atoms with Gasteiger partial charge in [-0.15, -0.1) is 0 Å². The minimum atomic E-state index is 0.253. The van der Waals surface area contributed by atoms with Crippen molar-refractivity contribution in [2.75, 3.05) is 13.2 Å². The molecule has 1 fully saturated rings. The SMILES string of the molecule is Oc1ccc2ccccc2c1-c1cncc(OCC2CCN2)c1. The molecule has 1 unspecified atom stereocenters. The van der Waals surface area contributed by atoms with Crippen molar-refractivity contribution in [1.29, 1.82) is 0 Å². The van der Waals surface area contributed by atoms with Crippen molar-refractivity contribution in [3.63, 3.8) is 0 Å². The Morgan fingerprint density at radius 2 is 2.04 bits per heavy atom. The number of nitrogens with one attached hydrogen (secondary N) is 1. The van der Waals surface area contributed by atoms with Crippen molar-refractivity contribution in [3.05, 3.63) is 54.9 Å². The zero-order valence-corrected chi connectivity index (χ0v) is 12.7. The highest BCUT2D eigenvalue weighted by molar-refractivity contribution is 5.99. The van der Waals surface area contributed by atoms with Crippen molar-refractivity contribution in [2.45, 2.75) is 12.5 Å². The highest BCUT2D eigenvalue weighted by Crippen LogP contribution is 2.37. The van der Waals surface area contributed by atoms with E-state index in [1.165, 1.54) is 0 Å². The highest BCUT2D eigenvalue weighted by Gasteiger charge is 2.17. The van der Waals surface area contributed by atoms with E-state index in [1.807, 2.05) is 36.4 Å². The Morgan fingerprint density at radius 1 is 1.17 bits per heavy atom. The lowest BCUT2D eigenvalue weighted by Crippen LogP contribution is -2.46. The molecule has 0 amide bonds. The summed E-state index contributed by atoms with van der Waals surface area (Å²) in [5.41, 5.74) is 1.65. The summed E-state index contributed by atoms with van der Waals surface area (Å²) in [7, 11) is 0. The molecular weight excluding hydrogens is 288 g/mol. The van der Waals surface area contributed by atoms with E-state index < -0.39 is 0 Å². The van der Waals surface area contributed by atoms with Crippen LogP contribution in [-0.4, -0.2) is 29.3 Å². The van der Waals surface area contributed by atoms with Gasteiger partial charge >= 0.3 is 0 Å². The number of phenols is 1. The van der Waals surface area contributed by atoms with Crippen molar-refractivity contribution >= 4 is 10.8 Å². The minimum Gasteiger partial charge on any atom is -0.507 e. The number of benzene rings is 2. The first-order chi connectivity index (χ1) is 11.3. The summed E-state index contributed by atoms with van der Waals surface area (Å²) in [5, 5.41) is 15.7. The lowest BCUT2D eigenvalue weighted by Gasteiger charge is -2.27. The van der Waals surface area contributed by atoms with Crippen LogP contribution in [0.5, 0.6) is 11.5 Å². The average Bonchev–Trinajstić information content (AvgIpc) is 2.53. The van der Waals surface area contributed by atoms with Crippen molar-refractivity contribution in [2.24, 2.45) is 0 Å². The molecule has 1 atom stereocenters. The molecule has 0 bridgehead atoms. The molecule has 2 aromatic carbocycles. The molecule has 1 aliphatic rings. The van der Waals surface area contributed by atoms with Crippen molar-refractivity contribution < 1.29 is 9.84 Å². The second kappa shape index (κ2) is 5.89. The van der Waals surface area contributed by atoms with E-state index >= 15 is 0 Å². The van der Waals surface area contributed by atoms with E-state index in [4.69, 9.17) is 4.74 Å². The van der Waals surface area contributed by atoms with E-state index in [0.29, 0.717) is 12.6 Å². The van der Waals surface area contributed by atoms with Gasteiger partial charge in [0.15, 0.2) is 0 Å². The number of hydrogen-bond acceptors (Lipinski definition) is 4. The predicted molar refractivity (Wildman–Crippen MR) is 90.7 cm³/mol. The highest BCUT2D eigenvalue weighted by atomic mass is 16.5. The lowest BCUT2D eigenvalue weighted by molar-refractivity contribution is 0.217. The van der Waals surface area contributed by atoms with Gasteiger partial charge in [-0.05, 0) is 35.9 Å². The summed E-state index contributed by atoms with van der Waals surface area (Å²) in [6.07, 6.45) is 4.62. The maximum absolute atomic E-state index is 10.3. The van der Waals surface area contributed by atoms with Crippen LogP contribution in [-0.2, 0) is 0 Å². The summed E-state index contributed by atoms with van der Waals surface area (Å²) < 4.78 is 5.82. The molecule has 0 radical (unpaired) electrons. The first-order valence-electron chi connectivity index (χ1n) is 7.83. The molecule has 1 saturated heterocycles. The van der Waals surface area contributed by atoms with Crippen LogP contribution < -0.4 is 10.1 Å². The van der Waals surface area contributed by atoms with E-state index in [-0.39, 0.29) is 5.75 Å². The van der Waals surface area contributed by atoms with E-state index in [1.54, 1.807) is 18.5 Å². The van der Waals surface area contributed by atoms with Crippen LogP contribution in [0.3, 0.4) is 0 Å². The molecule has 3 aromatic rings. The summed E-state index contributed by atoms with van der Waals surface area (Å²) in [4.78, 5) is 4.27. The Balaban J connectivity index is 1.71. The number of nitrogens with zero attached hydrogens (tertiary/aromatic N) is 1. The Bertz CT molecular complexity index is 844. The fraction of sp³-hybridized carbons (Fsp3) is 0.211. The number of fused-ring (bicyclic) bond motifs is 1. The molecule has 2 heterocycles. The van der Waals surface area contributed by atoms with Gasteiger partial charge in [-0.2, -0.15) is 0 Å². The third-order valence-corrected chi connectivity index (χ3v) is 4.29. The second-order valence-corrected chi connectivity index (χ2v) is 5.84. The first-order valence-corrected chi connectivity index (χ1v) is 7.83. The maximum atomic E-state index is 10.3. The van der Waals surface area contributed by atoms with Crippen LogP contribution in [0.4, 0.5) is 0 Å². The molecule has 4 nitrogen and oxygen atoms in total. The van der Waals surface area contributed by atoms with Crippen LogP contribution in [0.15, 0.2) is 54.9 Å². The standard InChI is InChI=1S/C19H18N2O2/c22-18-6-5-13-3-1-2-4-17(13)19(18)14-9-16(11-20-10-14)23-12-15-7-8-21-15/h1-6,9-11,15,21-22H,7-8,12H2. The number of phenolic OH excluding ortho intramolecular Hbond substituents is 1. The number of hydrogen-bond donors (Lipinski definition) is 2. The summed E-state index contributed by atoms with van der Waals surface area (Å²) in [6, 6.07) is 14.0. The number of aromatic nitrogens is 1. The van der Waals surface area contributed by atoms with E-state index in [2.05, 4.69) is 10.3 Å². The Morgan fingerprint density at radius 3 is 2.87 bits per heavy atom. The molecule has 0 aliphatic carbocycles. The number of rotatable bonds is 4. The lowest BCUT2D eigenvalue weighted by atomic mass is 9.98. The third-order valence-electron chi connectivity index (χ3n) is 4.29. The normalized spacial score (nSPS) is 17.0. The van der Waals surface area contributed by atoms with Crippen LogP contribution in [0, 0.1) is 0 Å². The number of ether oxygens (including phenoxy) is 1. The van der Waals surface area contributed by atoms with Crippen LogP contribution in [0.1, 0.15) is 6.42 Å². The van der Waals surface area contributed by atoms with Gasteiger partial charge in [0, 0.05) is 23.4 Å². The van der Waals surface area contributed by atoms with Crippen molar-refractivity contribution in [3.8, 4) is 22.6 Å². The summed E-state index contributed by atoms with van der Waals surface area (Å²) in [6.45, 7) is 1.71. The predicted octanol–water partition coefficient (Wildman–Crippen LogP) is 3.35. The molecular formula is C19H18N2O2. The quantitative estimate of drug-likeness (QED) is 0.776. The first kappa shape index (κ1) is 14.0. The van der Waals surface area contributed by atoms with Crippen LogP contribution in [0.25, 0.3) is 21.9 Å². The smallest absolute Gasteiger partial charge is 0.138 e. The minimum absolute atomic E-state index is 0.253. The number of pyridine rings is 1. The molecule has 23 heavy (non-hydrogen) atoms. The molecule has 0 saturated carbocycles.